The molecular weight excluding hydrogens is 248 g/mol. The van der Waals surface area contributed by atoms with Crippen LogP contribution in [0.5, 0.6) is 0 Å². The van der Waals surface area contributed by atoms with E-state index in [1.807, 2.05) is 30.3 Å². The summed E-state index contributed by atoms with van der Waals surface area (Å²) in [5.74, 6) is 0. The quantitative estimate of drug-likeness (QED) is 0.768. The number of thioether (sulfide) groups is 1. The Bertz CT molecular complexity index is 420. The van der Waals surface area contributed by atoms with E-state index >= 15 is 0 Å². The van der Waals surface area contributed by atoms with E-state index in [2.05, 4.69) is 12.2 Å². The van der Waals surface area contributed by atoms with Gasteiger partial charge >= 0.3 is 0 Å². The average molecular weight is 264 g/mol. The van der Waals surface area contributed by atoms with E-state index in [1.165, 1.54) is 0 Å². The number of methoxy groups -OCH3 is 1. The molecule has 2 aliphatic heterocycles. The van der Waals surface area contributed by atoms with Gasteiger partial charge in [-0.1, -0.05) is 36.4 Å². The number of ether oxygens (including phenoxy) is 3. The summed E-state index contributed by atoms with van der Waals surface area (Å²) in [5, 5.41) is 0.319. The number of hydrogen-bond donors (Lipinski definition) is 0. The summed E-state index contributed by atoms with van der Waals surface area (Å²) in [7, 11) is 1.72. The molecule has 0 radical (unpaired) electrons. The molecule has 0 aromatic heterocycles. The van der Waals surface area contributed by atoms with Crippen LogP contribution in [0, 0.1) is 0 Å². The third-order valence-electron chi connectivity index (χ3n) is 3.13. The first-order valence-electron chi connectivity index (χ1n) is 6.05. The summed E-state index contributed by atoms with van der Waals surface area (Å²) in [5.41, 5.74) is 1.19. The van der Waals surface area contributed by atoms with Crippen LogP contribution in [0.1, 0.15) is 11.9 Å². The van der Waals surface area contributed by atoms with Crippen LogP contribution in [0.3, 0.4) is 0 Å². The van der Waals surface area contributed by atoms with Gasteiger partial charge in [-0.25, -0.2) is 0 Å². The van der Waals surface area contributed by atoms with Gasteiger partial charge in [0.1, 0.15) is 5.44 Å². The number of rotatable bonds is 2. The molecule has 18 heavy (non-hydrogen) atoms. The van der Waals surface area contributed by atoms with Gasteiger partial charge in [-0.05, 0) is 6.08 Å². The van der Waals surface area contributed by atoms with Gasteiger partial charge in [-0.3, -0.25) is 0 Å². The van der Waals surface area contributed by atoms with Crippen molar-refractivity contribution in [1.29, 1.82) is 0 Å². The lowest BCUT2D eigenvalue weighted by Gasteiger charge is -2.38. The molecule has 2 aliphatic rings. The summed E-state index contributed by atoms with van der Waals surface area (Å²) >= 11 is 1.75. The average Bonchev–Trinajstić information content (AvgIpc) is 2.47. The second-order valence-electron chi connectivity index (χ2n) is 4.34. The standard InChI is InChI=1S/C14H16O3S/c1-15-13-8-7-11-12(18-13)9-16-14(17-11)10-5-3-2-4-6-10/h2-8,11-14H,9H2,1H3/t11-,12-,13+,14-/m1/s1. The zero-order valence-corrected chi connectivity index (χ0v) is 11.0. The highest BCUT2D eigenvalue weighted by Gasteiger charge is 2.35. The molecule has 4 heteroatoms. The normalized spacial score (nSPS) is 35.2. The molecule has 0 N–H and O–H groups in total. The van der Waals surface area contributed by atoms with Crippen LogP contribution < -0.4 is 0 Å². The van der Waals surface area contributed by atoms with E-state index in [0.717, 1.165) is 5.56 Å². The molecule has 0 saturated carbocycles. The van der Waals surface area contributed by atoms with Crippen LogP contribution in [0.25, 0.3) is 0 Å². The third-order valence-corrected chi connectivity index (χ3v) is 4.50. The van der Waals surface area contributed by atoms with Gasteiger partial charge < -0.3 is 14.2 Å². The molecule has 0 aliphatic carbocycles. The van der Waals surface area contributed by atoms with E-state index in [-0.39, 0.29) is 17.8 Å². The molecule has 3 rings (SSSR count). The van der Waals surface area contributed by atoms with Crippen molar-refractivity contribution in [1.82, 2.24) is 0 Å². The summed E-state index contributed by atoms with van der Waals surface area (Å²) in [6, 6.07) is 10.1. The maximum atomic E-state index is 5.98. The minimum atomic E-state index is -0.253. The second kappa shape index (κ2) is 5.45. The van der Waals surface area contributed by atoms with Gasteiger partial charge in [0.15, 0.2) is 6.29 Å². The number of fused-ring (bicyclic) bond motifs is 1. The predicted molar refractivity (Wildman–Crippen MR) is 71.3 cm³/mol. The minimum Gasteiger partial charge on any atom is -0.367 e. The van der Waals surface area contributed by atoms with E-state index in [9.17, 15) is 0 Å². The maximum absolute atomic E-state index is 5.98. The molecule has 0 spiro atoms. The monoisotopic (exact) mass is 264 g/mol. The lowest BCUT2D eigenvalue weighted by atomic mass is 10.1. The molecule has 0 bridgehead atoms. The Labute approximate surface area is 111 Å². The summed E-state index contributed by atoms with van der Waals surface area (Å²) < 4.78 is 17.1. The van der Waals surface area contributed by atoms with Gasteiger partial charge in [0.2, 0.25) is 0 Å². The molecule has 1 saturated heterocycles. The van der Waals surface area contributed by atoms with Gasteiger partial charge in [-0.2, -0.15) is 0 Å². The van der Waals surface area contributed by atoms with E-state index in [1.54, 1.807) is 18.9 Å². The van der Waals surface area contributed by atoms with Crippen LogP contribution in [-0.4, -0.2) is 30.5 Å². The third kappa shape index (κ3) is 2.47. The Balaban J connectivity index is 1.71. The Morgan fingerprint density at radius 2 is 2.06 bits per heavy atom. The molecule has 96 valence electrons. The SMILES string of the molecule is CO[C@@H]1C=C[C@H]2O[C@H](c3ccccc3)OC[C@H]2S1. The lowest BCUT2D eigenvalue weighted by Crippen LogP contribution is -2.40. The van der Waals surface area contributed by atoms with E-state index in [4.69, 9.17) is 14.2 Å². The zero-order chi connectivity index (χ0) is 12.4. The van der Waals surface area contributed by atoms with Crippen LogP contribution in [0.4, 0.5) is 0 Å². The Morgan fingerprint density at radius 1 is 1.22 bits per heavy atom. The van der Waals surface area contributed by atoms with Crippen molar-refractivity contribution in [3.8, 4) is 0 Å². The van der Waals surface area contributed by atoms with Crippen molar-refractivity contribution in [3.63, 3.8) is 0 Å². The van der Waals surface area contributed by atoms with Gasteiger partial charge in [-0.15, -0.1) is 11.8 Å². The molecule has 0 unspecified atom stereocenters. The Kier molecular flexibility index (Phi) is 3.70. The highest BCUT2D eigenvalue weighted by Crippen LogP contribution is 2.37. The van der Waals surface area contributed by atoms with E-state index < -0.39 is 0 Å². The smallest absolute Gasteiger partial charge is 0.184 e. The molecule has 1 aromatic carbocycles. The highest BCUT2D eigenvalue weighted by molar-refractivity contribution is 8.00. The van der Waals surface area contributed by atoms with Crippen molar-refractivity contribution in [2.75, 3.05) is 13.7 Å². The Morgan fingerprint density at radius 3 is 2.83 bits per heavy atom. The van der Waals surface area contributed by atoms with Gasteiger partial charge in [0.25, 0.3) is 0 Å². The van der Waals surface area contributed by atoms with Crippen molar-refractivity contribution in [3.05, 3.63) is 48.0 Å². The maximum Gasteiger partial charge on any atom is 0.184 e. The summed E-state index contributed by atoms with van der Waals surface area (Å²) in [6.07, 6.45) is 4.00. The highest BCUT2D eigenvalue weighted by atomic mass is 32.2. The molecule has 2 heterocycles. The molecular formula is C14H16O3S. The van der Waals surface area contributed by atoms with Crippen LogP contribution in [-0.2, 0) is 14.2 Å². The summed E-state index contributed by atoms with van der Waals surface area (Å²) in [4.78, 5) is 0. The fourth-order valence-electron chi connectivity index (χ4n) is 2.17. The lowest BCUT2D eigenvalue weighted by molar-refractivity contribution is -0.202. The molecule has 1 fully saturated rings. The van der Waals surface area contributed by atoms with Crippen molar-refractivity contribution < 1.29 is 14.2 Å². The van der Waals surface area contributed by atoms with E-state index in [0.29, 0.717) is 11.9 Å². The van der Waals surface area contributed by atoms with Crippen LogP contribution in [0.15, 0.2) is 42.5 Å². The largest absolute Gasteiger partial charge is 0.367 e. The number of benzene rings is 1. The number of hydrogen-bond acceptors (Lipinski definition) is 4. The minimum absolute atomic E-state index is 0.111. The fraction of sp³-hybridized carbons (Fsp3) is 0.429. The van der Waals surface area contributed by atoms with Crippen LogP contribution in [0.2, 0.25) is 0 Å². The van der Waals surface area contributed by atoms with Gasteiger partial charge in [0.05, 0.1) is 18.0 Å². The Hall–Kier alpha value is -0.810. The first kappa shape index (κ1) is 12.2. The second-order valence-corrected chi connectivity index (χ2v) is 5.68. The van der Waals surface area contributed by atoms with Gasteiger partial charge in [0, 0.05) is 12.7 Å². The molecule has 4 atom stereocenters. The van der Waals surface area contributed by atoms with Crippen molar-refractivity contribution in [2.45, 2.75) is 23.1 Å². The molecule has 3 nitrogen and oxygen atoms in total. The van der Waals surface area contributed by atoms with Crippen molar-refractivity contribution in [2.24, 2.45) is 0 Å². The fourth-order valence-corrected chi connectivity index (χ4v) is 3.27. The topological polar surface area (TPSA) is 27.7 Å². The van der Waals surface area contributed by atoms with Crippen LogP contribution >= 0.6 is 11.8 Å². The van der Waals surface area contributed by atoms with Crippen molar-refractivity contribution >= 4 is 11.8 Å². The summed E-state index contributed by atoms with van der Waals surface area (Å²) in [6.45, 7) is 0.694. The molecule has 1 aromatic rings. The predicted octanol–water partition coefficient (Wildman–Crippen LogP) is 2.74. The molecule has 0 amide bonds. The first-order chi connectivity index (χ1) is 8.86. The first-order valence-corrected chi connectivity index (χ1v) is 6.99. The zero-order valence-electron chi connectivity index (χ0n) is 10.2.